The second-order valence-corrected chi connectivity index (χ2v) is 5.46. The SMILES string of the molecule is O=C(CC1CCSCC1)N[C@H](CCO)C(=O)O. The topological polar surface area (TPSA) is 86.6 Å². The molecular weight excluding hydrogens is 242 g/mol. The standard InChI is InChI=1S/C11H19NO4S/c13-4-1-9(11(15)16)12-10(14)7-8-2-5-17-6-3-8/h8-9,13H,1-7H2,(H,12,14)(H,15,16)/t9-/m1/s1. The lowest BCUT2D eigenvalue weighted by Gasteiger charge is -2.21. The first-order valence-electron chi connectivity index (χ1n) is 5.84. The minimum absolute atomic E-state index is 0.0571. The highest BCUT2D eigenvalue weighted by Gasteiger charge is 2.22. The minimum atomic E-state index is -1.09. The molecule has 1 heterocycles. The van der Waals surface area contributed by atoms with Gasteiger partial charge >= 0.3 is 5.97 Å². The summed E-state index contributed by atoms with van der Waals surface area (Å²) in [6.07, 6.45) is 2.50. The summed E-state index contributed by atoms with van der Waals surface area (Å²) in [6.45, 7) is -0.239. The molecule has 0 bridgehead atoms. The van der Waals surface area contributed by atoms with Gasteiger partial charge in [0.25, 0.3) is 0 Å². The average Bonchev–Trinajstić information content (AvgIpc) is 2.29. The van der Waals surface area contributed by atoms with E-state index >= 15 is 0 Å². The fourth-order valence-electron chi connectivity index (χ4n) is 1.85. The van der Waals surface area contributed by atoms with Crippen molar-refractivity contribution < 1.29 is 19.8 Å². The van der Waals surface area contributed by atoms with E-state index in [1.54, 1.807) is 0 Å². The molecule has 1 saturated heterocycles. The first kappa shape index (κ1) is 14.3. The number of hydrogen-bond donors (Lipinski definition) is 3. The van der Waals surface area contributed by atoms with Crippen molar-refractivity contribution in [1.82, 2.24) is 5.32 Å². The molecule has 0 aromatic carbocycles. The lowest BCUT2D eigenvalue weighted by molar-refractivity contribution is -0.142. The molecule has 5 nitrogen and oxygen atoms in total. The van der Waals surface area contributed by atoms with Crippen molar-refractivity contribution in [2.75, 3.05) is 18.1 Å². The first-order chi connectivity index (χ1) is 8.13. The molecule has 0 aliphatic carbocycles. The summed E-state index contributed by atoms with van der Waals surface area (Å²) in [7, 11) is 0. The number of amides is 1. The molecule has 1 aliphatic heterocycles. The quantitative estimate of drug-likeness (QED) is 0.647. The number of aliphatic carboxylic acids is 1. The summed E-state index contributed by atoms with van der Waals surface area (Å²) in [5, 5.41) is 20.0. The second-order valence-electron chi connectivity index (χ2n) is 4.23. The second kappa shape index (κ2) is 7.55. The van der Waals surface area contributed by atoms with Crippen LogP contribution in [0.15, 0.2) is 0 Å². The van der Waals surface area contributed by atoms with Crippen LogP contribution in [0.5, 0.6) is 0 Å². The van der Waals surface area contributed by atoms with Crippen LogP contribution in [0.4, 0.5) is 0 Å². The van der Waals surface area contributed by atoms with E-state index in [1.165, 1.54) is 0 Å². The minimum Gasteiger partial charge on any atom is -0.480 e. The summed E-state index contributed by atoms with van der Waals surface area (Å²) >= 11 is 1.89. The van der Waals surface area contributed by atoms with Crippen LogP contribution in [-0.2, 0) is 9.59 Å². The Bertz CT molecular complexity index is 266. The Morgan fingerprint density at radius 1 is 1.35 bits per heavy atom. The van der Waals surface area contributed by atoms with E-state index in [4.69, 9.17) is 10.2 Å². The molecule has 0 radical (unpaired) electrons. The summed E-state index contributed by atoms with van der Waals surface area (Å²) in [4.78, 5) is 22.4. The lowest BCUT2D eigenvalue weighted by Crippen LogP contribution is -2.42. The van der Waals surface area contributed by atoms with Gasteiger partial charge in [-0.3, -0.25) is 4.79 Å². The number of aliphatic hydroxyl groups is 1. The van der Waals surface area contributed by atoms with Crippen LogP contribution < -0.4 is 5.32 Å². The van der Waals surface area contributed by atoms with Gasteiger partial charge in [0.2, 0.25) is 5.91 Å². The predicted molar refractivity (Wildman–Crippen MR) is 65.9 cm³/mol. The van der Waals surface area contributed by atoms with Crippen LogP contribution >= 0.6 is 11.8 Å². The molecule has 1 aliphatic rings. The van der Waals surface area contributed by atoms with Gasteiger partial charge in [0, 0.05) is 19.4 Å². The maximum Gasteiger partial charge on any atom is 0.326 e. The average molecular weight is 261 g/mol. The molecule has 98 valence electrons. The van der Waals surface area contributed by atoms with Crippen LogP contribution in [0.1, 0.15) is 25.7 Å². The Morgan fingerprint density at radius 3 is 2.53 bits per heavy atom. The number of carboxylic acid groups (broad SMARTS) is 1. The molecule has 0 unspecified atom stereocenters. The smallest absolute Gasteiger partial charge is 0.326 e. The van der Waals surface area contributed by atoms with Gasteiger partial charge in [-0.1, -0.05) is 0 Å². The van der Waals surface area contributed by atoms with Crippen LogP contribution in [-0.4, -0.2) is 46.2 Å². The first-order valence-corrected chi connectivity index (χ1v) is 6.99. The predicted octanol–water partition coefficient (Wildman–Crippen LogP) is 0.471. The Balaban J connectivity index is 2.33. The molecule has 0 aromatic rings. The Labute approximate surface area is 105 Å². The van der Waals surface area contributed by atoms with Crippen molar-refractivity contribution in [3.8, 4) is 0 Å². The number of hydrogen-bond acceptors (Lipinski definition) is 4. The van der Waals surface area contributed by atoms with Crippen LogP contribution in [0.2, 0.25) is 0 Å². The maximum atomic E-state index is 11.6. The highest BCUT2D eigenvalue weighted by atomic mass is 32.2. The molecule has 0 spiro atoms. The van der Waals surface area contributed by atoms with Gasteiger partial charge in [-0.15, -0.1) is 0 Å². The summed E-state index contributed by atoms with van der Waals surface area (Å²) in [5.41, 5.74) is 0. The molecule has 1 amide bonds. The number of rotatable bonds is 6. The molecule has 0 saturated carbocycles. The molecule has 6 heteroatoms. The molecule has 1 atom stereocenters. The maximum absolute atomic E-state index is 11.6. The Morgan fingerprint density at radius 2 is 2.00 bits per heavy atom. The summed E-state index contributed by atoms with van der Waals surface area (Å²) < 4.78 is 0. The number of carbonyl (C=O) groups excluding carboxylic acids is 1. The largest absolute Gasteiger partial charge is 0.480 e. The van der Waals surface area contributed by atoms with E-state index in [0.717, 1.165) is 24.3 Å². The van der Waals surface area contributed by atoms with Crippen molar-refractivity contribution in [1.29, 1.82) is 0 Å². The van der Waals surface area contributed by atoms with Crippen LogP contribution in [0, 0.1) is 5.92 Å². The monoisotopic (exact) mass is 261 g/mol. The molecule has 1 fully saturated rings. The van der Waals surface area contributed by atoms with Gasteiger partial charge in [0.15, 0.2) is 0 Å². The van der Waals surface area contributed by atoms with E-state index in [0.29, 0.717) is 12.3 Å². The van der Waals surface area contributed by atoms with E-state index in [-0.39, 0.29) is 18.9 Å². The van der Waals surface area contributed by atoms with Gasteiger partial charge in [-0.05, 0) is 30.3 Å². The Kier molecular flexibility index (Phi) is 6.36. The van der Waals surface area contributed by atoms with Gasteiger partial charge < -0.3 is 15.5 Å². The number of carboxylic acids is 1. The highest BCUT2D eigenvalue weighted by molar-refractivity contribution is 7.99. The fraction of sp³-hybridized carbons (Fsp3) is 0.818. The van der Waals surface area contributed by atoms with Crippen LogP contribution in [0.3, 0.4) is 0 Å². The summed E-state index contributed by atoms with van der Waals surface area (Å²) in [6, 6.07) is -0.967. The molecule has 17 heavy (non-hydrogen) atoms. The normalized spacial score (nSPS) is 18.6. The van der Waals surface area contributed by atoms with Crippen molar-refractivity contribution >= 4 is 23.6 Å². The van der Waals surface area contributed by atoms with Crippen molar-refractivity contribution in [3.05, 3.63) is 0 Å². The van der Waals surface area contributed by atoms with Crippen molar-refractivity contribution in [3.63, 3.8) is 0 Å². The zero-order valence-corrected chi connectivity index (χ0v) is 10.5. The van der Waals surface area contributed by atoms with Crippen LogP contribution in [0.25, 0.3) is 0 Å². The molecule has 0 aromatic heterocycles. The van der Waals surface area contributed by atoms with E-state index in [2.05, 4.69) is 5.32 Å². The Hall–Kier alpha value is -0.750. The number of nitrogens with one attached hydrogen (secondary N) is 1. The van der Waals surface area contributed by atoms with Crippen molar-refractivity contribution in [2.45, 2.75) is 31.7 Å². The van der Waals surface area contributed by atoms with E-state index in [1.807, 2.05) is 11.8 Å². The zero-order valence-electron chi connectivity index (χ0n) is 9.72. The van der Waals surface area contributed by atoms with E-state index in [9.17, 15) is 9.59 Å². The number of carbonyl (C=O) groups is 2. The zero-order chi connectivity index (χ0) is 12.7. The number of thioether (sulfide) groups is 1. The van der Waals surface area contributed by atoms with Gasteiger partial charge in [-0.25, -0.2) is 4.79 Å². The number of aliphatic hydroxyl groups excluding tert-OH is 1. The molecular formula is C11H19NO4S. The van der Waals surface area contributed by atoms with Gasteiger partial charge in [-0.2, -0.15) is 11.8 Å². The van der Waals surface area contributed by atoms with Gasteiger partial charge in [0.1, 0.15) is 6.04 Å². The van der Waals surface area contributed by atoms with Crippen molar-refractivity contribution in [2.24, 2.45) is 5.92 Å². The molecule has 1 rings (SSSR count). The highest BCUT2D eigenvalue weighted by Crippen LogP contribution is 2.25. The van der Waals surface area contributed by atoms with Gasteiger partial charge in [0.05, 0.1) is 0 Å². The third-order valence-corrected chi connectivity index (χ3v) is 3.91. The third-order valence-electron chi connectivity index (χ3n) is 2.87. The van der Waals surface area contributed by atoms with E-state index < -0.39 is 12.0 Å². The third kappa shape index (κ3) is 5.41. The summed E-state index contributed by atoms with van der Waals surface area (Å²) in [5.74, 6) is 1.22. The molecule has 3 N–H and O–H groups in total. The lowest BCUT2D eigenvalue weighted by atomic mass is 9.98. The fourth-order valence-corrected chi connectivity index (χ4v) is 3.06.